The average molecular weight is 249 g/mol. The van der Waals surface area contributed by atoms with Gasteiger partial charge in [-0.25, -0.2) is 19.4 Å². The molecule has 18 heavy (non-hydrogen) atoms. The van der Waals surface area contributed by atoms with Crippen molar-refractivity contribution < 1.29 is 14.8 Å². The topological polar surface area (TPSA) is 124 Å². The van der Waals surface area contributed by atoms with Crippen LogP contribution in [-0.4, -0.2) is 35.7 Å². The van der Waals surface area contributed by atoms with Gasteiger partial charge in [-0.1, -0.05) is 0 Å². The van der Waals surface area contributed by atoms with Gasteiger partial charge in [-0.3, -0.25) is 10.1 Å². The van der Waals surface area contributed by atoms with Crippen LogP contribution in [0.25, 0.3) is 5.82 Å². The lowest BCUT2D eigenvalue weighted by Gasteiger charge is -1.98. The summed E-state index contributed by atoms with van der Waals surface area (Å²) in [7, 11) is 0. The van der Waals surface area contributed by atoms with Gasteiger partial charge < -0.3 is 5.11 Å². The van der Waals surface area contributed by atoms with Gasteiger partial charge in [-0.2, -0.15) is 5.10 Å². The molecule has 2 rings (SSSR count). The van der Waals surface area contributed by atoms with Crippen LogP contribution >= 0.6 is 0 Å². The molecule has 92 valence electrons. The second-order valence-corrected chi connectivity index (χ2v) is 3.33. The molecular weight excluding hydrogens is 242 g/mol. The molecule has 0 aliphatic carbocycles. The Labute approximate surface area is 99.9 Å². The van der Waals surface area contributed by atoms with Crippen molar-refractivity contribution in [3.05, 3.63) is 40.1 Å². The summed E-state index contributed by atoms with van der Waals surface area (Å²) >= 11 is 0. The van der Waals surface area contributed by atoms with Gasteiger partial charge in [0.2, 0.25) is 5.69 Å². The van der Waals surface area contributed by atoms with Gasteiger partial charge in [-0.05, 0) is 6.92 Å². The van der Waals surface area contributed by atoms with Gasteiger partial charge in [0, 0.05) is 12.3 Å². The van der Waals surface area contributed by atoms with E-state index in [1.807, 2.05) is 0 Å². The van der Waals surface area contributed by atoms with Crippen molar-refractivity contribution in [2.24, 2.45) is 0 Å². The lowest BCUT2D eigenvalue weighted by Crippen LogP contribution is -2.04. The minimum atomic E-state index is -1.47. The fourth-order valence-electron chi connectivity index (χ4n) is 1.34. The summed E-state index contributed by atoms with van der Waals surface area (Å²) in [5.74, 6) is -0.758. The van der Waals surface area contributed by atoms with E-state index in [1.165, 1.54) is 12.3 Å². The summed E-state index contributed by atoms with van der Waals surface area (Å²) in [5, 5.41) is 23.1. The molecule has 2 heterocycles. The Kier molecular flexibility index (Phi) is 2.72. The summed E-state index contributed by atoms with van der Waals surface area (Å²) in [6, 6.07) is 1.47. The molecule has 0 aromatic carbocycles. The number of carbonyl (C=O) groups is 1. The number of aryl methyl sites for hydroxylation is 1. The Morgan fingerprint density at radius 3 is 2.78 bits per heavy atom. The molecule has 9 nitrogen and oxygen atoms in total. The summed E-state index contributed by atoms with van der Waals surface area (Å²) in [5.41, 5.74) is -1.21. The first kappa shape index (κ1) is 11.6. The third-order valence-corrected chi connectivity index (χ3v) is 2.09. The predicted molar refractivity (Wildman–Crippen MR) is 57.5 cm³/mol. The molecule has 9 heteroatoms. The molecule has 0 saturated carbocycles. The molecule has 0 unspecified atom stereocenters. The van der Waals surface area contributed by atoms with Crippen molar-refractivity contribution >= 4 is 11.7 Å². The third-order valence-electron chi connectivity index (χ3n) is 2.09. The van der Waals surface area contributed by atoms with Gasteiger partial charge >= 0.3 is 11.7 Å². The SMILES string of the molecule is Cc1nccc(-n2cc([N+](=O)[O-])c(C(=O)O)n2)n1. The summed E-state index contributed by atoms with van der Waals surface area (Å²) < 4.78 is 1.04. The maximum absolute atomic E-state index is 10.8. The zero-order chi connectivity index (χ0) is 13.3. The zero-order valence-corrected chi connectivity index (χ0v) is 9.14. The molecule has 1 N–H and O–H groups in total. The highest BCUT2D eigenvalue weighted by Gasteiger charge is 2.25. The van der Waals surface area contributed by atoms with Crippen LogP contribution in [0.5, 0.6) is 0 Å². The zero-order valence-electron chi connectivity index (χ0n) is 9.14. The molecule has 0 amide bonds. The van der Waals surface area contributed by atoms with Gasteiger partial charge in [-0.15, -0.1) is 0 Å². The van der Waals surface area contributed by atoms with Crippen LogP contribution in [0.4, 0.5) is 5.69 Å². The molecular formula is C9H7N5O4. The second-order valence-electron chi connectivity index (χ2n) is 3.33. The van der Waals surface area contributed by atoms with Gasteiger partial charge in [0.1, 0.15) is 12.0 Å². The van der Waals surface area contributed by atoms with E-state index in [0.29, 0.717) is 5.82 Å². The highest BCUT2D eigenvalue weighted by molar-refractivity contribution is 5.89. The lowest BCUT2D eigenvalue weighted by atomic mass is 10.4. The van der Waals surface area contributed by atoms with Gasteiger partial charge in [0.05, 0.1) is 4.92 Å². The number of nitrogens with zero attached hydrogens (tertiary/aromatic N) is 5. The van der Waals surface area contributed by atoms with Gasteiger partial charge in [0.15, 0.2) is 5.82 Å². The first-order valence-electron chi connectivity index (χ1n) is 4.76. The van der Waals surface area contributed by atoms with E-state index in [-0.39, 0.29) is 5.82 Å². The average Bonchev–Trinajstić information content (AvgIpc) is 2.73. The number of aromatic nitrogens is 4. The van der Waals surface area contributed by atoms with Crippen molar-refractivity contribution in [3.63, 3.8) is 0 Å². The van der Waals surface area contributed by atoms with Crippen LogP contribution in [0.1, 0.15) is 16.3 Å². The van der Waals surface area contributed by atoms with Crippen LogP contribution in [0.3, 0.4) is 0 Å². The minimum absolute atomic E-state index is 0.262. The Morgan fingerprint density at radius 1 is 1.56 bits per heavy atom. The Balaban J connectivity index is 2.57. The summed E-state index contributed by atoms with van der Waals surface area (Å²) in [6.07, 6.45) is 2.46. The lowest BCUT2D eigenvalue weighted by molar-refractivity contribution is -0.385. The number of carboxylic acids is 1. The number of rotatable bonds is 3. The van der Waals surface area contributed by atoms with E-state index in [9.17, 15) is 14.9 Å². The molecule has 0 saturated heterocycles. The molecule has 0 bridgehead atoms. The van der Waals surface area contributed by atoms with Crippen molar-refractivity contribution in [2.45, 2.75) is 6.92 Å². The predicted octanol–water partition coefficient (Wildman–Crippen LogP) is 0.577. The fourth-order valence-corrected chi connectivity index (χ4v) is 1.34. The largest absolute Gasteiger partial charge is 0.476 e. The van der Waals surface area contributed by atoms with Crippen molar-refractivity contribution in [1.82, 2.24) is 19.7 Å². The third kappa shape index (κ3) is 2.00. The molecule has 2 aromatic rings. The Bertz CT molecular complexity index is 604. The first-order valence-corrected chi connectivity index (χ1v) is 4.76. The standard InChI is InChI=1S/C9H7N5O4/c1-5-10-3-2-7(11-5)13-4-6(14(17)18)8(12-13)9(15)16/h2-4H,1H3,(H,15,16). The fraction of sp³-hybridized carbons (Fsp3) is 0.111. The maximum atomic E-state index is 10.8. The van der Waals surface area contributed by atoms with Crippen LogP contribution < -0.4 is 0 Å². The molecule has 0 fully saturated rings. The van der Waals surface area contributed by atoms with E-state index in [1.54, 1.807) is 6.92 Å². The van der Waals surface area contributed by atoms with E-state index in [2.05, 4.69) is 15.1 Å². The van der Waals surface area contributed by atoms with E-state index >= 15 is 0 Å². The highest BCUT2D eigenvalue weighted by Crippen LogP contribution is 2.18. The smallest absolute Gasteiger partial charge is 0.363 e. The van der Waals surface area contributed by atoms with E-state index in [4.69, 9.17) is 5.11 Å². The highest BCUT2D eigenvalue weighted by atomic mass is 16.6. The number of carboxylic acid groups (broad SMARTS) is 1. The van der Waals surface area contributed by atoms with Crippen molar-refractivity contribution in [3.8, 4) is 5.82 Å². The van der Waals surface area contributed by atoms with Crippen molar-refractivity contribution in [2.75, 3.05) is 0 Å². The number of nitro groups is 1. The molecule has 0 aliphatic rings. The van der Waals surface area contributed by atoms with Crippen LogP contribution in [0.2, 0.25) is 0 Å². The van der Waals surface area contributed by atoms with Crippen LogP contribution in [0, 0.1) is 17.0 Å². The Hall–Kier alpha value is -2.84. The summed E-state index contributed by atoms with van der Waals surface area (Å²) in [6.45, 7) is 1.64. The molecule has 0 radical (unpaired) electrons. The summed E-state index contributed by atoms with van der Waals surface area (Å²) in [4.78, 5) is 28.6. The van der Waals surface area contributed by atoms with Gasteiger partial charge in [0.25, 0.3) is 0 Å². The number of hydrogen-bond acceptors (Lipinski definition) is 6. The monoisotopic (exact) mass is 249 g/mol. The van der Waals surface area contributed by atoms with Crippen LogP contribution in [0.15, 0.2) is 18.5 Å². The van der Waals surface area contributed by atoms with E-state index in [0.717, 1.165) is 10.9 Å². The quantitative estimate of drug-likeness (QED) is 0.622. The molecule has 2 aromatic heterocycles. The number of aromatic carboxylic acids is 1. The van der Waals surface area contributed by atoms with E-state index < -0.39 is 22.3 Å². The minimum Gasteiger partial charge on any atom is -0.476 e. The van der Waals surface area contributed by atoms with Crippen molar-refractivity contribution in [1.29, 1.82) is 0 Å². The molecule has 0 aliphatic heterocycles. The molecule has 0 atom stereocenters. The number of hydrogen-bond donors (Lipinski definition) is 1. The van der Waals surface area contributed by atoms with Crippen LogP contribution in [-0.2, 0) is 0 Å². The Morgan fingerprint density at radius 2 is 2.28 bits per heavy atom. The first-order chi connectivity index (χ1) is 8.49. The normalized spacial score (nSPS) is 10.3. The molecule has 0 spiro atoms. The maximum Gasteiger partial charge on any atom is 0.363 e. The second kappa shape index (κ2) is 4.20.